The van der Waals surface area contributed by atoms with Crippen LogP contribution in [0, 0.1) is 0 Å². The first-order valence-electron chi connectivity index (χ1n) is 7.63. The Labute approximate surface area is 138 Å². The normalized spacial score (nSPS) is 13.0. The van der Waals surface area contributed by atoms with Crippen molar-refractivity contribution in [1.82, 2.24) is 4.90 Å². The molecule has 118 valence electrons. The highest BCUT2D eigenvalue weighted by atomic mass is 35.5. The summed E-state index contributed by atoms with van der Waals surface area (Å²) in [6, 6.07) is 5.20. The number of carbonyl (C=O) groups excluding carboxylic acids is 1. The average molecular weight is 330 g/mol. The van der Waals surface area contributed by atoms with Gasteiger partial charge in [-0.1, -0.05) is 43.0 Å². The van der Waals surface area contributed by atoms with E-state index in [1.807, 2.05) is 6.92 Å². The summed E-state index contributed by atoms with van der Waals surface area (Å²) in [4.78, 5) is 14.9. The number of Topliss-reactive ketones (excluding diaryl/α,β-unsaturated/α-hetero) is 1. The lowest BCUT2D eigenvalue weighted by Crippen LogP contribution is -2.44. The van der Waals surface area contributed by atoms with Crippen LogP contribution in [0.5, 0.6) is 0 Å². The molecule has 1 aromatic rings. The topological polar surface area (TPSA) is 20.3 Å². The first-order chi connectivity index (χ1) is 9.88. The third-order valence-corrected chi connectivity index (χ3v) is 4.30. The monoisotopic (exact) mass is 329 g/mol. The Morgan fingerprint density at radius 1 is 1.19 bits per heavy atom. The Hall–Kier alpha value is -0.570. The van der Waals surface area contributed by atoms with Crippen molar-refractivity contribution in [2.24, 2.45) is 0 Å². The predicted molar refractivity (Wildman–Crippen MR) is 91.6 cm³/mol. The minimum atomic E-state index is -0.180. The van der Waals surface area contributed by atoms with Crippen molar-refractivity contribution in [1.29, 1.82) is 0 Å². The van der Waals surface area contributed by atoms with Gasteiger partial charge in [-0.05, 0) is 51.9 Å². The van der Waals surface area contributed by atoms with E-state index in [0.717, 1.165) is 13.0 Å². The molecule has 0 aliphatic carbocycles. The summed E-state index contributed by atoms with van der Waals surface area (Å²) in [6.07, 6.45) is 3.48. The molecule has 1 aromatic carbocycles. The summed E-state index contributed by atoms with van der Waals surface area (Å²) in [7, 11) is 0. The average Bonchev–Trinajstić information content (AvgIpc) is 2.42. The molecule has 0 radical (unpaired) electrons. The van der Waals surface area contributed by atoms with Gasteiger partial charge in [0.25, 0.3) is 0 Å². The molecule has 21 heavy (non-hydrogen) atoms. The Kier molecular flexibility index (Phi) is 7.72. The van der Waals surface area contributed by atoms with Gasteiger partial charge in [0.15, 0.2) is 5.78 Å². The van der Waals surface area contributed by atoms with Gasteiger partial charge in [-0.15, -0.1) is 0 Å². The lowest BCUT2D eigenvalue weighted by Gasteiger charge is -2.32. The Bertz CT molecular complexity index is 474. The molecule has 1 rings (SSSR count). The molecule has 0 heterocycles. The highest BCUT2D eigenvalue weighted by Crippen LogP contribution is 2.24. The van der Waals surface area contributed by atoms with Gasteiger partial charge in [-0.2, -0.15) is 0 Å². The number of rotatable bonds is 8. The molecule has 2 nitrogen and oxygen atoms in total. The largest absolute Gasteiger partial charge is 0.292 e. The van der Waals surface area contributed by atoms with Crippen molar-refractivity contribution in [3.8, 4) is 0 Å². The van der Waals surface area contributed by atoms with E-state index in [1.54, 1.807) is 18.2 Å². The smallest absolute Gasteiger partial charge is 0.181 e. The molecule has 1 unspecified atom stereocenters. The Morgan fingerprint density at radius 2 is 1.86 bits per heavy atom. The molecular formula is C17H25Cl2NO. The van der Waals surface area contributed by atoms with Crippen LogP contribution in [0.15, 0.2) is 18.2 Å². The molecule has 0 amide bonds. The van der Waals surface area contributed by atoms with E-state index < -0.39 is 0 Å². The number of halogens is 2. The number of hydrogen-bond donors (Lipinski definition) is 0. The quantitative estimate of drug-likeness (QED) is 0.466. The highest BCUT2D eigenvalue weighted by Gasteiger charge is 2.25. The maximum absolute atomic E-state index is 12.7. The van der Waals surface area contributed by atoms with E-state index in [0.29, 0.717) is 21.7 Å². The standard InChI is InChI=1S/C17H25Cl2NO/c1-5-6-7-10-20(12(2)3)13(4)17(21)15-9-8-14(18)11-16(15)19/h8-9,11-13H,5-7,10H2,1-4H3. The van der Waals surface area contributed by atoms with Crippen molar-refractivity contribution in [2.75, 3.05) is 6.54 Å². The predicted octanol–water partition coefficient (Wildman–Crippen LogP) is 5.47. The van der Waals surface area contributed by atoms with Crippen molar-refractivity contribution in [3.63, 3.8) is 0 Å². The van der Waals surface area contributed by atoms with Gasteiger partial charge in [0, 0.05) is 16.6 Å². The van der Waals surface area contributed by atoms with Crippen LogP contribution in [0.2, 0.25) is 10.0 Å². The van der Waals surface area contributed by atoms with E-state index in [-0.39, 0.29) is 11.8 Å². The molecule has 0 fully saturated rings. The summed E-state index contributed by atoms with van der Waals surface area (Å²) < 4.78 is 0. The third-order valence-electron chi connectivity index (χ3n) is 3.76. The molecule has 0 aliphatic rings. The van der Waals surface area contributed by atoms with Gasteiger partial charge >= 0.3 is 0 Å². The van der Waals surface area contributed by atoms with Gasteiger partial charge in [0.2, 0.25) is 0 Å². The fraction of sp³-hybridized carbons (Fsp3) is 0.588. The maximum Gasteiger partial charge on any atom is 0.181 e. The van der Waals surface area contributed by atoms with Gasteiger partial charge < -0.3 is 0 Å². The minimum Gasteiger partial charge on any atom is -0.292 e. The van der Waals surface area contributed by atoms with E-state index in [9.17, 15) is 4.79 Å². The van der Waals surface area contributed by atoms with Gasteiger partial charge in [-0.25, -0.2) is 0 Å². The van der Waals surface area contributed by atoms with Gasteiger partial charge in [0.05, 0.1) is 11.1 Å². The summed E-state index contributed by atoms with van der Waals surface area (Å²) in [5.74, 6) is 0.0573. The zero-order chi connectivity index (χ0) is 16.0. The number of benzene rings is 1. The van der Waals surface area contributed by atoms with Crippen LogP contribution in [0.4, 0.5) is 0 Å². The van der Waals surface area contributed by atoms with Crippen LogP contribution in [0.1, 0.15) is 57.3 Å². The molecule has 0 saturated carbocycles. The number of carbonyl (C=O) groups is 1. The van der Waals surface area contributed by atoms with Crippen molar-refractivity contribution in [2.45, 2.75) is 59.0 Å². The van der Waals surface area contributed by atoms with Crippen molar-refractivity contribution >= 4 is 29.0 Å². The summed E-state index contributed by atoms with van der Waals surface area (Å²) >= 11 is 12.0. The number of ketones is 1. The molecular weight excluding hydrogens is 305 g/mol. The molecule has 0 spiro atoms. The first kappa shape index (κ1) is 18.5. The Balaban J connectivity index is 2.86. The second-order valence-corrected chi connectivity index (χ2v) is 6.55. The fourth-order valence-electron chi connectivity index (χ4n) is 2.51. The zero-order valence-electron chi connectivity index (χ0n) is 13.3. The van der Waals surface area contributed by atoms with E-state index in [2.05, 4.69) is 25.7 Å². The van der Waals surface area contributed by atoms with Crippen LogP contribution in [0.3, 0.4) is 0 Å². The third kappa shape index (κ3) is 5.28. The highest BCUT2D eigenvalue weighted by molar-refractivity contribution is 6.37. The van der Waals surface area contributed by atoms with Crippen LogP contribution in [-0.2, 0) is 0 Å². The van der Waals surface area contributed by atoms with E-state index >= 15 is 0 Å². The SMILES string of the molecule is CCCCCN(C(C)C)C(C)C(=O)c1ccc(Cl)cc1Cl. The lowest BCUT2D eigenvalue weighted by atomic mass is 10.0. The molecule has 0 bridgehead atoms. The molecule has 0 saturated heterocycles. The maximum atomic E-state index is 12.7. The number of nitrogens with zero attached hydrogens (tertiary/aromatic N) is 1. The fourth-order valence-corrected chi connectivity index (χ4v) is 3.01. The van der Waals surface area contributed by atoms with Crippen LogP contribution in [0.25, 0.3) is 0 Å². The molecule has 4 heteroatoms. The second-order valence-electron chi connectivity index (χ2n) is 5.70. The zero-order valence-corrected chi connectivity index (χ0v) is 14.8. The van der Waals surface area contributed by atoms with E-state index in [4.69, 9.17) is 23.2 Å². The molecule has 0 aromatic heterocycles. The Morgan fingerprint density at radius 3 is 2.38 bits per heavy atom. The summed E-state index contributed by atoms with van der Waals surface area (Å²) in [5, 5.41) is 0.976. The van der Waals surface area contributed by atoms with Crippen LogP contribution >= 0.6 is 23.2 Å². The molecule has 0 aliphatic heterocycles. The minimum absolute atomic E-state index is 0.0573. The molecule has 0 N–H and O–H groups in total. The van der Waals surface area contributed by atoms with Crippen LogP contribution in [-0.4, -0.2) is 29.3 Å². The van der Waals surface area contributed by atoms with Gasteiger partial charge in [0.1, 0.15) is 0 Å². The molecule has 1 atom stereocenters. The summed E-state index contributed by atoms with van der Waals surface area (Å²) in [5.41, 5.74) is 0.551. The van der Waals surface area contributed by atoms with Crippen molar-refractivity contribution < 1.29 is 4.79 Å². The summed E-state index contributed by atoms with van der Waals surface area (Å²) in [6.45, 7) is 9.32. The lowest BCUT2D eigenvalue weighted by molar-refractivity contribution is 0.0785. The first-order valence-corrected chi connectivity index (χ1v) is 8.39. The second kappa shape index (κ2) is 8.77. The van der Waals surface area contributed by atoms with Crippen molar-refractivity contribution in [3.05, 3.63) is 33.8 Å². The number of hydrogen-bond acceptors (Lipinski definition) is 2. The number of unbranched alkanes of at least 4 members (excludes halogenated alkanes) is 2. The van der Waals surface area contributed by atoms with E-state index in [1.165, 1.54) is 12.8 Å². The van der Waals surface area contributed by atoms with Gasteiger partial charge in [-0.3, -0.25) is 9.69 Å². The van der Waals surface area contributed by atoms with Crippen LogP contribution < -0.4 is 0 Å².